The quantitative estimate of drug-likeness (QED) is 0.292. The Morgan fingerprint density at radius 2 is 1.71 bits per heavy atom. The normalized spacial score (nSPS) is 10.1. The molecular weight excluding hydrogens is 168 g/mol. The molecule has 0 aliphatic heterocycles. The van der Waals surface area contributed by atoms with Crippen LogP contribution in [-0.2, 0) is 0 Å². The topological polar surface area (TPSA) is 0 Å². The van der Waals surface area contributed by atoms with E-state index in [1.807, 2.05) is 0 Å². The molecule has 0 N–H and O–H groups in total. The number of hydrogen-bond donors (Lipinski definition) is 0. The molecule has 0 atom stereocenters. The van der Waals surface area contributed by atoms with Crippen molar-refractivity contribution in [3.05, 3.63) is 37.0 Å². The average Bonchev–Trinajstić information content (AvgIpc) is 2.21. The highest BCUT2D eigenvalue weighted by Gasteiger charge is 1.84. The standard InChI is InChI=1S/C14H23/c1-3-5-7-9-11-13-14-12-10-8-6-4-2/h4,6-7,11H,1,3,5,8,10,12-14H2,2H3. The van der Waals surface area contributed by atoms with Gasteiger partial charge in [-0.15, -0.1) is 5.73 Å². The lowest BCUT2D eigenvalue weighted by molar-refractivity contribution is 0.696. The summed E-state index contributed by atoms with van der Waals surface area (Å²) >= 11 is 0. The van der Waals surface area contributed by atoms with Gasteiger partial charge in [0.2, 0.25) is 0 Å². The van der Waals surface area contributed by atoms with Gasteiger partial charge in [-0.25, -0.2) is 0 Å². The van der Waals surface area contributed by atoms with Crippen LogP contribution in [0.5, 0.6) is 0 Å². The van der Waals surface area contributed by atoms with Gasteiger partial charge in [0, 0.05) is 0 Å². The summed E-state index contributed by atoms with van der Waals surface area (Å²) in [6, 6.07) is 0. The highest BCUT2D eigenvalue weighted by Crippen LogP contribution is 2.03. The summed E-state index contributed by atoms with van der Waals surface area (Å²) in [6.07, 6.45) is 17.0. The third-order valence-corrected chi connectivity index (χ3v) is 2.04. The van der Waals surface area contributed by atoms with Crippen molar-refractivity contribution in [1.29, 1.82) is 0 Å². The molecule has 1 radical (unpaired) electrons. The summed E-state index contributed by atoms with van der Waals surface area (Å²) in [5.74, 6) is 0. The van der Waals surface area contributed by atoms with E-state index in [2.05, 4.69) is 43.9 Å². The van der Waals surface area contributed by atoms with Gasteiger partial charge < -0.3 is 0 Å². The van der Waals surface area contributed by atoms with Crippen molar-refractivity contribution in [3.63, 3.8) is 0 Å². The van der Waals surface area contributed by atoms with Gasteiger partial charge in [0.25, 0.3) is 0 Å². The van der Waals surface area contributed by atoms with Crippen LogP contribution < -0.4 is 0 Å². The first-order chi connectivity index (χ1) is 6.91. The molecule has 0 bridgehead atoms. The predicted molar refractivity (Wildman–Crippen MR) is 65.1 cm³/mol. The summed E-state index contributed by atoms with van der Waals surface area (Å²) < 4.78 is 0. The fourth-order valence-electron chi connectivity index (χ4n) is 1.20. The van der Waals surface area contributed by atoms with Gasteiger partial charge in [-0.05, 0) is 57.6 Å². The summed E-state index contributed by atoms with van der Waals surface area (Å²) in [4.78, 5) is 0. The second-order valence-electron chi connectivity index (χ2n) is 3.42. The van der Waals surface area contributed by atoms with E-state index in [0.717, 1.165) is 12.8 Å². The van der Waals surface area contributed by atoms with Crippen LogP contribution in [0.3, 0.4) is 0 Å². The van der Waals surface area contributed by atoms with E-state index < -0.39 is 0 Å². The molecule has 0 aromatic heterocycles. The maximum absolute atomic E-state index is 3.77. The van der Waals surface area contributed by atoms with Gasteiger partial charge in [-0.3, -0.25) is 0 Å². The molecule has 14 heavy (non-hydrogen) atoms. The fourth-order valence-corrected chi connectivity index (χ4v) is 1.20. The molecule has 0 fully saturated rings. The van der Waals surface area contributed by atoms with Gasteiger partial charge in [0.1, 0.15) is 0 Å². The molecule has 0 amide bonds. The van der Waals surface area contributed by atoms with Gasteiger partial charge in [0.15, 0.2) is 0 Å². The second-order valence-corrected chi connectivity index (χ2v) is 3.42. The molecule has 0 rings (SSSR count). The smallest absolute Gasteiger partial charge is 0.0274 e. The average molecular weight is 191 g/mol. The second kappa shape index (κ2) is 12.3. The molecular formula is C14H23. The van der Waals surface area contributed by atoms with Crippen LogP contribution in [0.2, 0.25) is 0 Å². The predicted octanol–water partition coefficient (Wildman–Crippen LogP) is 4.84. The van der Waals surface area contributed by atoms with Gasteiger partial charge in [-0.1, -0.05) is 25.5 Å². The first-order valence-electron chi connectivity index (χ1n) is 5.71. The molecule has 0 heteroatoms. The fraction of sp³-hybridized carbons (Fsp3) is 0.571. The Bertz CT molecular complexity index is 180. The molecule has 0 spiro atoms. The minimum absolute atomic E-state index is 0.976. The summed E-state index contributed by atoms with van der Waals surface area (Å²) in [7, 11) is 0. The Kier molecular flexibility index (Phi) is 11.6. The Balaban J connectivity index is 3.16. The molecule has 0 aliphatic rings. The Labute approximate surface area is 89.4 Å². The zero-order valence-electron chi connectivity index (χ0n) is 9.47. The Morgan fingerprint density at radius 1 is 1.00 bits per heavy atom. The summed E-state index contributed by atoms with van der Waals surface area (Å²) in [6.45, 7) is 5.85. The zero-order chi connectivity index (χ0) is 10.5. The molecule has 0 nitrogen and oxygen atoms in total. The molecule has 0 aromatic rings. The van der Waals surface area contributed by atoms with E-state index in [1.165, 1.54) is 32.1 Å². The SMILES string of the molecule is [CH2]CCC=C=CCCCCCC=CC. The van der Waals surface area contributed by atoms with Crippen molar-refractivity contribution < 1.29 is 0 Å². The molecule has 0 aromatic carbocycles. The van der Waals surface area contributed by atoms with Crippen molar-refractivity contribution in [3.8, 4) is 0 Å². The van der Waals surface area contributed by atoms with Crippen LogP contribution in [0.15, 0.2) is 30.0 Å². The summed E-state index contributed by atoms with van der Waals surface area (Å²) in [5, 5.41) is 0. The van der Waals surface area contributed by atoms with Crippen LogP contribution in [0.25, 0.3) is 0 Å². The van der Waals surface area contributed by atoms with Crippen molar-refractivity contribution in [2.75, 3.05) is 0 Å². The van der Waals surface area contributed by atoms with Crippen LogP contribution in [-0.4, -0.2) is 0 Å². The van der Waals surface area contributed by atoms with E-state index in [4.69, 9.17) is 0 Å². The molecule has 79 valence electrons. The highest BCUT2D eigenvalue weighted by molar-refractivity contribution is 4.84. The van der Waals surface area contributed by atoms with E-state index in [0.29, 0.717) is 0 Å². The van der Waals surface area contributed by atoms with Crippen molar-refractivity contribution in [1.82, 2.24) is 0 Å². The summed E-state index contributed by atoms with van der Waals surface area (Å²) in [5.41, 5.74) is 3.18. The number of allylic oxidation sites excluding steroid dienone is 3. The lowest BCUT2D eigenvalue weighted by Crippen LogP contribution is -1.73. The molecule has 0 unspecified atom stereocenters. The molecule has 0 saturated carbocycles. The third-order valence-electron chi connectivity index (χ3n) is 2.04. The maximum atomic E-state index is 3.77. The van der Waals surface area contributed by atoms with Crippen molar-refractivity contribution >= 4 is 0 Å². The monoisotopic (exact) mass is 191 g/mol. The lowest BCUT2D eigenvalue weighted by atomic mass is 10.1. The van der Waals surface area contributed by atoms with Gasteiger partial charge in [-0.2, -0.15) is 0 Å². The van der Waals surface area contributed by atoms with Crippen LogP contribution in [0, 0.1) is 6.92 Å². The number of rotatable bonds is 8. The maximum Gasteiger partial charge on any atom is -0.0274 e. The number of unbranched alkanes of at least 4 members (excludes halogenated alkanes) is 5. The number of hydrogen-bond acceptors (Lipinski definition) is 0. The first-order valence-corrected chi connectivity index (χ1v) is 5.71. The highest BCUT2D eigenvalue weighted by atomic mass is 13.9. The third kappa shape index (κ3) is 11.3. The van der Waals surface area contributed by atoms with E-state index in [-0.39, 0.29) is 0 Å². The largest absolute Gasteiger partial charge is 0.130 e. The van der Waals surface area contributed by atoms with E-state index >= 15 is 0 Å². The first kappa shape index (κ1) is 13.3. The van der Waals surface area contributed by atoms with Crippen LogP contribution in [0.1, 0.15) is 51.9 Å². The van der Waals surface area contributed by atoms with E-state index in [1.54, 1.807) is 0 Å². The van der Waals surface area contributed by atoms with E-state index in [9.17, 15) is 0 Å². The zero-order valence-corrected chi connectivity index (χ0v) is 9.47. The minimum Gasteiger partial charge on any atom is -0.130 e. The Morgan fingerprint density at radius 3 is 2.43 bits per heavy atom. The van der Waals surface area contributed by atoms with Gasteiger partial charge >= 0.3 is 0 Å². The van der Waals surface area contributed by atoms with Gasteiger partial charge in [0.05, 0.1) is 0 Å². The molecule has 0 heterocycles. The lowest BCUT2D eigenvalue weighted by Gasteiger charge is -1.93. The van der Waals surface area contributed by atoms with Crippen LogP contribution in [0.4, 0.5) is 0 Å². The Hall–Kier alpha value is -0.740. The van der Waals surface area contributed by atoms with Crippen LogP contribution >= 0.6 is 0 Å². The molecule has 0 aliphatic carbocycles. The van der Waals surface area contributed by atoms with Crippen molar-refractivity contribution in [2.45, 2.75) is 51.9 Å². The molecule has 0 saturated heterocycles. The van der Waals surface area contributed by atoms with Crippen molar-refractivity contribution in [2.24, 2.45) is 0 Å². The minimum atomic E-state index is 0.976.